The predicted octanol–water partition coefficient (Wildman–Crippen LogP) is 3.04. The van der Waals surface area contributed by atoms with Gasteiger partial charge >= 0.3 is 0 Å². The lowest BCUT2D eigenvalue weighted by Gasteiger charge is -2.15. The third kappa shape index (κ3) is 3.25. The van der Waals surface area contributed by atoms with Crippen LogP contribution in [0.4, 0.5) is 5.69 Å². The second-order valence-electron chi connectivity index (χ2n) is 5.84. The van der Waals surface area contributed by atoms with Crippen LogP contribution in [0.5, 0.6) is 0 Å². The molecule has 18 heavy (non-hydrogen) atoms. The molecular formula is C15H22N2O. The van der Waals surface area contributed by atoms with E-state index in [2.05, 4.69) is 31.4 Å². The Morgan fingerprint density at radius 1 is 1.33 bits per heavy atom. The molecule has 1 saturated carbocycles. The van der Waals surface area contributed by atoms with Crippen molar-refractivity contribution in [2.75, 3.05) is 11.9 Å². The van der Waals surface area contributed by atoms with Gasteiger partial charge in [-0.2, -0.15) is 0 Å². The van der Waals surface area contributed by atoms with E-state index in [1.807, 2.05) is 24.3 Å². The van der Waals surface area contributed by atoms with Crippen molar-refractivity contribution in [3.8, 4) is 0 Å². The van der Waals surface area contributed by atoms with E-state index in [0.717, 1.165) is 17.8 Å². The topological polar surface area (TPSA) is 41.1 Å². The van der Waals surface area contributed by atoms with Gasteiger partial charge in [-0.3, -0.25) is 4.79 Å². The molecule has 0 unspecified atom stereocenters. The molecule has 0 spiro atoms. The zero-order valence-electron chi connectivity index (χ0n) is 11.4. The molecule has 1 aliphatic carbocycles. The van der Waals surface area contributed by atoms with Gasteiger partial charge in [-0.15, -0.1) is 0 Å². The lowest BCUT2D eigenvalue weighted by molar-refractivity contribution is 0.0947. The smallest absolute Gasteiger partial charge is 0.253 e. The second-order valence-corrected chi connectivity index (χ2v) is 5.84. The van der Waals surface area contributed by atoms with Gasteiger partial charge in [0.2, 0.25) is 0 Å². The summed E-state index contributed by atoms with van der Waals surface area (Å²) >= 11 is 0. The first-order chi connectivity index (χ1) is 8.50. The lowest BCUT2D eigenvalue weighted by atomic mass is 10.1. The second kappa shape index (κ2) is 5.01. The van der Waals surface area contributed by atoms with Crippen molar-refractivity contribution >= 4 is 11.6 Å². The van der Waals surface area contributed by atoms with Crippen LogP contribution in [0.25, 0.3) is 0 Å². The molecule has 3 heteroatoms. The minimum absolute atomic E-state index is 0.0203. The summed E-state index contributed by atoms with van der Waals surface area (Å²) in [4.78, 5) is 12.2. The third-order valence-electron chi connectivity index (χ3n) is 3.40. The number of rotatable bonds is 5. The molecule has 0 atom stereocenters. The van der Waals surface area contributed by atoms with Gasteiger partial charge in [0.1, 0.15) is 0 Å². The van der Waals surface area contributed by atoms with Gasteiger partial charge in [-0.05, 0) is 44.2 Å². The van der Waals surface area contributed by atoms with Crippen molar-refractivity contribution in [1.29, 1.82) is 0 Å². The van der Waals surface area contributed by atoms with Crippen LogP contribution in [0.15, 0.2) is 24.3 Å². The van der Waals surface area contributed by atoms with Crippen molar-refractivity contribution in [2.45, 2.75) is 39.7 Å². The average molecular weight is 246 g/mol. The molecule has 0 bridgehead atoms. The van der Waals surface area contributed by atoms with Crippen LogP contribution < -0.4 is 10.6 Å². The summed E-state index contributed by atoms with van der Waals surface area (Å²) in [6.07, 6.45) is 2.44. The molecule has 1 fully saturated rings. The van der Waals surface area contributed by atoms with Gasteiger partial charge in [-0.1, -0.05) is 19.1 Å². The van der Waals surface area contributed by atoms with Gasteiger partial charge < -0.3 is 10.6 Å². The number of nitrogens with one attached hydrogen (secondary N) is 2. The van der Waals surface area contributed by atoms with E-state index in [-0.39, 0.29) is 5.91 Å². The molecule has 2 N–H and O–H groups in total. The minimum atomic E-state index is 0.0203. The van der Waals surface area contributed by atoms with Crippen LogP contribution >= 0.6 is 0 Å². The Morgan fingerprint density at radius 3 is 2.61 bits per heavy atom. The van der Waals surface area contributed by atoms with Gasteiger partial charge in [-0.25, -0.2) is 0 Å². The number of hydrogen-bond donors (Lipinski definition) is 2. The summed E-state index contributed by atoms with van der Waals surface area (Å²) in [6, 6.07) is 7.99. The van der Waals surface area contributed by atoms with Gasteiger partial charge in [0.25, 0.3) is 5.91 Å². The van der Waals surface area contributed by atoms with Crippen LogP contribution in [0.2, 0.25) is 0 Å². The summed E-state index contributed by atoms with van der Waals surface area (Å²) in [6.45, 7) is 7.13. The highest BCUT2D eigenvalue weighted by molar-refractivity contribution is 5.99. The zero-order chi connectivity index (χ0) is 13.2. The first kappa shape index (κ1) is 12.9. The molecule has 0 radical (unpaired) electrons. The van der Waals surface area contributed by atoms with E-state index < -0.39 is 0 Å². The van der Waals surface area contributed by atoms with Gasteiger partial charge in [0.15, 0.2) is 0 Å². The van der Waals surface area contributed by atoms with Crippen LogP contribution in [0, 0.1) is 5.41 Å². The molecule has 0 aromatic heterocycles. The fraction of sp³-hybridized carbons (Fsp3) is 0.533. The maximum Gasteiger partial charge on any atom is 0.253 e. The highest BCUT2D eigenvalue weighted by Crippen LogP contribution is 2.44. The third-order valence-corrected chi connectivity index (χ3v) is 3.40. The average Bonchev–Trinajstić information content (AvgIpc) is 3.05. The molecule has 98 valence electrons. The maximum atomic E-state index is 12.2. The maximum absolute atomic E-state index is 12.2. The molecule has 1 aliphatic rings. The monoisotopic (exact) mass is 246 g/mol. The molecule has 3 nitrogen and oxygen atoms in total. The molecular weight excluding hydrogens is 224 g/mol. The standard InChI is InChI=1S/C15H22N2O/c1-11(2)17-13-7-5-4-6-12(13)14(18)16-10-15(3)8-9-15/h4-7,11,17H,8-10H2,1-3H3,(H,16,18). The molecule has 2 rings (SSSR count). The molecule has 0 saturated heterocycles. The Hall–Kier alpha value is -1.51. The SMILES string of the molecule is CC(C)Nc1ccccc1C(=O)NCC1(C)CC1. The summed E-state index contributed by atoms with van der Waals surface area (Å²) in [5.41, 5.74) is 1.98. The highest BCUT2D eigenvalue weighted by atomic mass is 16.1. The van der Waals surface area contributed by atoms with E-state index >= 15 is 0 Å². The van der Waals surface area contributed by atoms with Crippen LogP contribution in [-0.2, 0) is 0 Å². The lowest BCUT2D eigenvalue weighted by Crippen LogP contribution is -2.30. The number of carbonyl (C=O) groups excluding carboxylic acids is 1. The van der Waals surface area contributed by atoms with Crippen molar-refractivity contribution in [3.05, 3.63) is 29.8 Å². The quantitative estimate of drug-likeness (QED) is 0.838. The van der Waals surface area contributed by atoms with Crippen LogP contribution in [0.1, 0.15) is 44.0 Å². The van der Waals surface area contributed by atoms with Crippen molar-refractivity contribution in [1.82, 2.24) is 5.32 Å². The Balaban J connectivity index is 2.04. The Kier molecular flexibility index (Phi) is 3.60. The fourth-order valence-corrected chi connectivity index (χ4v) is 1.90. The Morgan fingerprint density at radius 2 is 2.00 bits per heavy atom. The zero-order valence-corrected chi connectivity index (χ0v) is 11.4. The minimum Gasteiger partial charge on any atom is -0.382 e. The van der Waals surface area contributed by atoms with E-state index in [1.165, 1.54) is 12.8 Å². The number of benzene rings is 1. The first-order valence-electron chi connectivity index (χ1n) is 6.64. The largest absolute Gasteiger partial charge is 0.382 e. The number of hydrogen-bond acceptors (Lipinski definition) is 2. The molecule has 1 aromatic rings. The van der Waals surface area contributed by atoms with E-state index in [1.54, 1.807) is 0 Å². The Labute approximate surface area is 109 Å². The van der Waals surface area contributed by atoms with Gasteiger partial charge in [0.05, 0.1) is 5.56 Å². The van der Waals surface area contributed by atoms with Crippen LogP contribution in [0.3, 0.4) is 0 Å². The molecule has 0 heterocycles. The highest BCUT2D eigenvalue weighted by Gasteiger charge is 2.37. The number of para-hydroxylation sites is 1. The van der Waals surface area contributed by atoms with Crippen molar-refractivity contribution < 1.29 is 4.79 Å². The summed E-state index contributed by atoms with van der Waals surface area (Å²) in [7, 11) is 0. The molecule has 1 aromatic carbocycles. The normalized spacial score (nSPS) is 16.4. The van der Waals surface area contributed by atoms with E-state index in [4.69, 9.17) is 0 Å². The summed E-state index contributed by atoms with van der Waals surface area (Å²) < 4.78 is 0. The Bertz CT molecular complexity index is 436. The predicted molar refractivity (Wildman–Crippen MR) is 74.9 cm³/mol. The molecule has 0 aliphatic heterocycles. The number of anilines is 1. The number of carbonyl (C=O) groups is 1. The molecule has 1 amide bonds. The number of amides is 1. The van der Waals surface area contributed by atoms with E-state index in [9.17, 15) is 4.79 Å². The van der Waals surface area contributed by atoms with Crippen LogP contribution in [-0.4, -0.2) is 18.5 Å². The summed E-state index contributed by atoms with van der Waals surface area (Å²) in [5.74, 6) is 0.0203. The van der Waals surface area contributed by atoms with Crippen molar-refractivity contribution in [2.24, 2.45) is 5.41 Å². The van der Waals surface area contributed by atoms with Crippen molar-refractivity contribution in [3.63, 3.8) is 0 Å². The fourth-order valence-electron chi connectivity index (χ4n) is 1.90. The summed E-state index contributed by atoms with van der Waals surface area (Å²) in [5, 5.41) is 6.34. The van der Waals surface area contributed by atoms with E-state index in [0.29, 0.717) is 11.5 Å². The van der Waals surface area contributed by atoms with Gasteiger partial charge in [0, 0.05) is 18.3 Å². The first-order valence-corrected chi connectivity index (χ1v) is 6.64.